The van der Waals surface area contributed by atoms with Gasteiger partial charge < -0.3 is 15.0 Å². The number of carbonyl (C=O) groups is 1. The summed E-state index contributed by atoms with van der Waals surface area (Å²) in [4.78, 5) is 14.0. The number of likely N-dealkylation sites (tertiary alicyclic amines) is 1. The van der Waals surface area contributed by atoms with Crippen molar-refractivity contribution in [2.45, 2.75) is 19.0 Å². The third-order valence-corrected chi connectivity index (χ3v) is 3.87. The molecule has 1 fully saturated rings. The summed E-state index contributed by atoms with van der Waals surface area (Å²) in [6, 6.07) is 7.84. The molecule has 0 aliphatic carbocycles. The molecule has 116 valence electrons. The van der Waals surface area contributed by atoms with Gasteiger partial charge in [0.05, 0.1) is 19.3 Å². The smallest absolute Gasteiger partial charge is 0.317 e. The predicted molar refractivity (Wildman–Crippen MR) is 80.5 cm³/mol. The number of rotatable bonds is 4. The largest absolute Gasteiger partial charge is 0.497 e. The average molecular weight is 301 g/mol. The number of nitrogens with zero attached hydrogens (tertiary/aromatic N) is 4. The second-order valence-corrected chi connectivity index (χ2v) is 5.28. The molecule has 1 aliphatic rings. The standard InChI is InChI=1S/C15H19N5O2/c1-22-14-4-2-12(3-5-14)10-16-15(21)19-8-6-13(11-19)20-9-7-17-18-20/h2-5,7,9,13H,6,8,10-11H2,1H3,(H,16,21). The van der Waals surface area contributed by atoms with Gasteiger partial charge in [-0.05, 0) is 24.1 Å². The lowest BCUT2D eigenvalue weighted by Gasteiger charge is -2.17. The predicted octanol–water partition coefficient (Wildman–Crippen LogP) is 1.44. The summed E-state index contributed by atoms with van der Waals surface area (Å²) in [6.07, 6.45) is 4.40. The molecule has 0 radical (unpaired) electrons. The molecular weight excluding hydrogens is 282 g/mol. The lowest BCUT2D eigenvalue weighted by atomic mass is 10.2. The Morgan fingerprint density at radius 2 is 2.23 bits per heavy atom. The van der Waals surface area contributed by atoms with Crippen LogP contribution in [0.5, 0.6) is 5.75 Å². The molecule has 1 N–H and O–H groups in total. The highest BCUT2D eigenvalue weighted by Gasteiger charge is 2.27. The Kier molecular flexibility index (Phi) is 4.22. The molecule has 2 heterocycles. The van der Waals surface area contributed by atoms with Crippen molar-refractivity contribution >= 4 is 6.03 Å². The number of benzene rings is 1. The van der Waals surface area contributed by atoms with Gasteiger partial charge in [-0.15, -0.1) is 5.10 Å². The number of amides is 2. The van der Waals surface area contributed by atoms with Crippen molar-refractivity contribution in [3.05, 3.63) is 42.2 Å². The molecular formula is C15H19N5O2. The van der Waals surface area contributed by atoms with Crippen molar-refractivity contribution in [1.29, 1.82) is 0 Å². The van der Waals surface area contributed by atoms with Crippen molar-refractivity contribution in [2.24, 2.45) is 0 Å². The maximum atomic E-state index is 12.2. The van der Waals surface area contributed by atoms with Gasteiger partial charge in [0.2, 0.25) is 0 Å². The van der Waals surface area contributed by atoms with Crippen LogP contribution in [-0.4, -0.2) is 46.1 Å². The van der Waals surface area contributed by atoms with Gasteiger partial charge in [-0.25, -0.2) is 9.48 Å². The Labute approximate surface area is 128 Å². The SMILES string of the molecule is COc1ccc(CNC(=O)N2CCC(n3ccnn3)C2)cc1. The van der Waals surface area contributed by atoms with Crippen LogP contribution in [0, 0.1) is 0 Å². The number of nitrogens with one attached hydrogen (secondary N) is 1. The monoisotopic (exact) mass is 301 g/mol. The molecule has 7 nitrogen and oxygen atoms in total. The molecule has 0 bridgehead atoms. The van der Waals surface area contributed by atoms with Crippen LogP contribution >= 0.6 is 0 Å². The van der Waals surface area contributed by atoms with Crippen molar-refractivity contribution < 1.29 is 9.53 Å². The maximum Gasteiger partial charge on any atom is 0.317 e. The molecule has 1 saturated heterocycles. The first-order valence-electron chi connectivity index (χ1n) is 7.28. The van der Waals surface area contributed by atoms with Gasteiger partial charge in [0.15, 0.2) is 0 Å². The highest BCUT2D eigenvalue weighted by Crippen LogP contribution is 2.20. The van der Waals surface area contributed by atoms with Crippen LogP contribution in [0.15, 0.2) is 36.7 Å². The van der Waals surface area contributed by atoms with E-state index < -0.39 is 0 Å². The third-order valence-electron chi connectivity index (χ3n) is 3.87. The summed E-state index contributed by atoms with van der Waals surface area (Å²) in [5.41, 5.74) is 1.04. The van der Waals surface area contributed by atoms with Crippen LogP contribution in [-0.2, 0) is 6.54 Å². The topological polar surface area (TPSA) is 72.3 Å². The zero-order valence-corrected chi connectivity index (χ0v) is 12.5. The molecule has 1 aliphatic heterocycles. The molecule has 1 aromatic carbocycles. The maximum absolute atomic E-state index is 12.2. The fraction of sp³-hybridized carbons (Fsp3) is 0.400. The van der Waals surface area contributed by atoms with Crippen molar-refractivity contribution in [2.75, 3.05) is 20.2 Å². The van der Waals surface area contributed by atoms with E-state index in [1.807, 2.05) is 40.0 Å². The van der Waals surface area contributed by atoms with E-state index in [1.54, 1.807) is 13.3 Å². The molecule has 0 saturated carbocycles. The van der Waals surface area contributed by atoms with Crippen molar-refractivity contribution in [3.8, 4) is 5.75 Å². The fourth-order valence-corrected chi connectivity index (χ4v) is 2.59. The van der Waals surface area contributed by atoms with Gasteiger partial charge >= 0.3 is 6.03 Å². The molecule has 3 rings (SSSR count). The third kappa shape index (κ3) is 3.19. The summed E-state index contributed by atoms with van der Waals surface area (Å²) >= 11 is 0. The number of hydrogen-bond acceptors (Lipinski definition) is 4. The minimum absolute atomic E-state index is 0.0431. The first kappa shape index (κ1) is 14.4. The van der Waals surface area contributed by atoms with E-state index in [0.717, 1.165) is 24.3 Å². The van der Waals surface area contributed by atoms with Gasteiger partial charge in [-0.1, -0.05) is 17.3 Å². The van der Waals surface area contributed by atoms with Gasteiger partial charge in [-0.3, -0.25) is 0 Å². The molecule has 0 spiro atoms. The van der Waals surface area contributed by atoms with Gasteiger partial charge in [0, 0.05) is 25.8 Å². The van der Waals surface area contributed by atoms with Crippen molar-refractivity contribution in [3.63, 3.8) is 0 Å². The van der Waals surface area contributed by atoms with E-state index in [2.05, 4.69) is 15.6 Å². The summed E-state index contributed by atoms with van der Waals surface area (Å²) in [5, 5.41) is 10.8. The van der Waals surface area contributed by atoms with E-state index in [-0.39, 0.29) is 12.1 Å². The first-order valence-corrected chi connectivity index (χ1v) is 7.28. The van der Waals surface area contributed by atoms with Crippen molar-refractivity contribution in [1.82, 2.24) is 25.2 Å². The average Bonchev–Trinajstić information content (AvgIpc) is 3.23. The molecule has 2 aromatic rings. The van der Waals surface area contributed by atoms with Crippen LogP contribution in [0.4, 0.5) is 4.79 Å². The Morgan fingerprint density at radius 3 is 2.91 bits per heavy atom. The number of methoxy groups -OCH3 is 1. The van der Waals surface area contributed by atoms with E-state index >= 15 is 0 Å². The van der Waals surface area contributed by atoms with Gasteiger partial charge in [-0.2, -0.15) is 0 Å². The summed E-state index contributed by atoms with van der Waals surface area (Å²) < 4.78 is 6.93. The minimum Gasteiger partial charge on any atom is -0.497 e. The van der Waals surface area contributed by atoms with Crippen LogP contribution in [0.25, 0.3) is 0 Å². The fourth-order valence-electron chi connectivity index (χ4n) is 2.59. The first-order chi connectivity index (χ1) is 10.8. The van der Waals surface area contributed by atoms with E-state index in [1.165, 1.54) is 0 Å². The zero-order valence-electron chi connectivity index (χ0n) is 12.5. The van der Waals surface area contributed by atoms with E-state index in [0.29, 0.717) is 13.1 Å². The normalized spacial score (nSPS) is 17.5. The summed E-state index contributed by atoms with van der Waals surface area (Å²) in [6.45, 7) is 1.91. The van der Waals surface area contributed by atoms with Crippen LogP contribution < -0.4 is 10.1 Å². The molecule has 1 atom stereocenters. The minimum atomic E-state index is -0.0431. The Balaban J connectivity index is 1.50. The summed E-state index contributed by atoms with van der Waals surface area (Å²) in [5.74, 6) is 0.810. The molecule has 22 heavy (non-hydrogen) atoms. The number of carbonyl (C=O) groups excluding carboxylic acids is 1. The molecule has 1 unspecified atom stereocenters. The molecule has 1 aromatic heterocycles. The van der Waals surface area contributed by atoms with Crippen LogP contribution in [0.3, 0.4) is 0 Å². The Bertz CT molecular complexity index is 611. The van der Waals surface area contributed by atoms with E-state index in [4.69, 9.17) is 4.74 Å². The highest BCUT2D eigenvalue weighted by molar-refractivity contribution is 5.74. The van der Waals surface area contributed by atoms with Crippen LogP contribution in [0.1, 0.15) is 18.0 Å². The Morgan fingerprint density at radius 1 is 1.41 bits per heavy atom. The second-order valence-electron chi connectivity index (χ2n) is 5.28. The Hall–Kier alpha value is -2.57. The van der Waals surface area contributed by atoms with Gasteiger partial charge in [0.1, 0.15) is 5.75 Å². The second kappa shape index (κ2) is 6.46. The van der Waals surface area contributed by atoms with Crippen LogP contribution in [0.2, 0.25) is 0 Å². The number of ether oxygens (including phenoxy) is 1. The zero-order chi connectivity index (χ0) is 15.4. The summed E-state index contributed by atoms with van der Waals surface area (Å²) in [7, 11) is 1.63. The molecule has 7 heteroatoms. The van der Waals surface area contributed by atoms with Gasteiger partial charge in [0.25, 0.3) is 0 Å². The number of urea groups is 1. The number of aromatic nitrogens is 3. The lowest BCUT2D eigenvalue weighted by molar-refractivity contribution is 0.206. The number of hydrogen-bond donors (Lipinski definition) is 1. The molecule has 2 amide bonds. The quantitative estimate of drug-likeness (QED) is 0.927. The highest BCUT2D eigenvalue weighted by atomic mass is 16.5. The van der Waals surface area contributed by atoms with E-state index in [9.17, 15) is 4.79 Å². The lowest BCUT2D eigenvalue weighted by Crippen LogP contribution is -2.38.